The number of carbonyl (C=O) groups excluding carboxylic acids is 4. The van der Waals surface area contributed by atoms with Gasteiger partial charge in [-0.2, -0.15) is 0 Å². The van der Waals surface area contributed by atoms with Crippen LogP contribution in [0, 0.1) is 11.8 Å². The summed E-state index contributed by atoms with van der Waals surface area (Å²) in [6, 6.07) is 9.04. The van der Waals surface area contributed by atoms with Gasteiger partial charge in [-0.25, -0.2) is 4.79 Å². The number of rotatable bonds is 12. The minimum absolute atomic E-state index is 0.00556. The van der Waals surface area contributed by atoms with Crippen molar-refractivity contribution in [1.82, 2.24) is 20.4 Å². The lowest BCUT2D eigenvalue weighted by atomic mass is 9.81. The van der Waals surface area contributed by atoms with Gasteiger partial charge in [-0.3, -0.25) is 19.3 Å². The summed E-state index contributed by atoms with van der Waals surface area (Å²) in [6.07, 6.45) is 5.91. The Balaban J connectivity index is 1.53. The van der Waals surface area contributed by atoms with Gasteiger partial charge in [0.2, 0.25) is 17.7 Å². The maximum atomic E-state index is 13.3. The summed E-state index contributed by atoms with van der Waals surface area (Å²) < 4.78 is 0. The van der Waals surface area contributed by atoms with Crippen LogP contribution in [0.2, 0.25) is 0 Å². The zero-order valence-corrected chi connectivity index (χ0v) is 21.1. The first-order valence-electron chi connectivity index (χ1n) is 13.1. The lowest BCUT2D eigenvalue weighted by Gasteiger charge is -2.46. The van der Waals surface area contributed by atoms with E-state index in [9.17, 15) is 19.2 Å². The Morgan fingerprint density at radius 3 is 2.49 bits per heavy atom. The van der Waals surface area contributed by atoms with Crippen LogP contribution in [0.5, 0.6) is 0 Å². The van der Waals surface area contributed by atoms with Gasteiger partial charge in [0.15, 0.2) is 0 Å². The molecule has 8 heteroatoms. The molecular weight excluding hydrogens is 444 g/mol. The summed E-state index contributed by atoms with van der Waals surface area (Å²) in [5.74, 6) is -0.0481. The molecule has 1 aliphatic carbocycles. The third-order valence-corrected chi connectivity index (χ3v) is 6.92. The van der Waals surface area contributed by atoms with Gasteiger partial charge in [0.05, 0.1) is 5.92 Å². The van der Waals surface area contributed by atoms with Crippen molar-refractivity contribution in [2.24, 2.45) is 11.8 Å². The number of unbranched alkanes of at least 4 members (excludes halogenated alkanes) is 1. The number of hydrogen-bond donors (Lipinski definition) is 2. The van der Waals surface area contributed by atoms with Crippen LogP contribution in [0.15, 0.2) is 30.3 Å². The Labute approximate surface area is 208 Å². The fourth-order valence-electron chi connectivity index (χ4n) is 4.91. The maximum Gasteiger partial charge on any atom is 0.327 e. The van der Waals surface area contributed by atoms with Gasteiger partial charge in [0, 0.05) is 32.1 Å². The third-order valence-electron chi connectivity index (χ3n) is 6.92. The van der Waals surface area contributed by atoms with E-state index in [4.69, 9.17) is 0 Å². The molecule has 0 aromatic heterocycles. The molecule has 1 aromatic carbocycles. The first-order chi connectivity index (χ1) is 16.9. The molecule has 0 spiro atoms. The van der Waals surface area contributed by atoms with Crippen molar-refractivity contribution in [2.45, 2.75) is 77.8 Å². The molecule has 2 atom stereocenters. The molecule has 3 rings (SSSR count). The molecule has 1 saturated carbocycles. The van der Waals surface area contributed by atoms with Crippen molar-refractivity contribution in [3.8, 4) is 0 Å². The van der Waals surface area contributed by atoms with Gasteiger partial charge >= 0.3 is 6.03 Å². The van der Waals surface area contributed by atoms with Crippen molar-refractivity contribution in [2.75, 3.05) is 19.6 Å². The van der Waals surface area contributed by atoms with Gasteiger partial charge in [0.1, 0.15) is 6.54 Å². The molecule has 2 fully saturated rings. The predicted molar refractivity (Wildman–Crippen MR) is 134 cm³/mol. The third kappa shape index (κ3) is 7.80. The summed E-state index contributed by atoms with van der Waals surface area (Å²) >= 11 is 0. The molecule has 5 amide bonds. The van der Waals surface area contributed by atoms with Crippen LogP contribution in [-0.2, 0) is 20.9 Å². The van der Waals surface area contributed by atoms with Crippen LogP contribution in [-0.4, -0.2) is 59.2 Å². The number of fused-ring (bicyclic) bond motifs is 1. The average molecular weight is 485 g/mol. The van der Waals surface area contributed by atoms with Gasteiger partial charge in [-0.15, -0.1) is 0 Å². The van der Waals surface area contributed by atoms with E-state index in [2.05, 4.69) is 24.5 Å². The molecule has 192 valence electrons. The fourth-order valence-corrected chi connectivity index (χ4v) is 4.91. The standard InChI is InChI=1S/C27H40N4O4/c1-20(2)15-16-28-24(32)14-8-9-17-30-26(34)22-12-6-7-13-23(22)31(27(30)35)19-25(33)29-18-21-10-4-3-5-11-21/h3-5,10-11,20,22-23H,6-9,12-19H2,1-2H3,(H,28,32)(H,29,33). The molecule has 35 heavy (non-hydrogen) atoms. The second-order valence-corrected chi connectivity index (χ2v) is 10.1. The predicted octanol–water partition coefficient (Wildman–Crippen LogP) is 3.46. The second kappa shape index (κ2) is 13.3. The summed E-state index contributed by atoms with van der Waals surface area (Å²) in [7, 11) is 0. The maximum absolute atomic E-state index is 13.3. The Bertz CT molecular complexity index is 873. The first kappa shape index (κ1) is 26.7. The topological polar surface area (TPSA) is 98.8 Å². The van der Waals surface area contributed by atoms with E-state index in [1.54, 1.807) is 4.90 Å². The van der Waals surface area contributed by atoms with E-state index < -0.39 is 0 Å². The number of benzene rings is 1. The molecule has 0 bridgehead atoms. The summed E-state index contributed by atoms with van der Waals surface area (Å²) in [6.45, 7) is 5.54. The minimum atomic E-state index is -0.380. The van der Waals surface area contributed by atoms with Gasteiger partial charge < -0.3 is 15.5 Å². The fraction of sp³-hybridized carbons (Fsp3) is 0.630. The van der Waals surface area contributed by atoms with Crippen LogP contribution >= 0.6 is 0 Å². The molecule has 1 saturated heterocycles. The Kier molecular flexibility index (Phi) is 10.1. The number of amides is 5. The number of urea groups is 1. The van der Waals surface area contributed by atoms with Crippen molar-refractivity contribution in [3.63, 3.8) is 0 Å². The number of hydrogen-bond acceptors (Lipinski definition) is 4. The van der Waals surface area contributed by atoms with Crippen LogP contribution in [0.4, 0.5) is 4.79 Å². The van der Waals surface area contributed by atoms with Gasteiger partial charge in [-0.1, -0.05) is 57.0 Å². The molecular formula is C27H40N4O4. The van der Waals surface area contributed by atoms with E-state index in [0.717, 1.165) is 37.7 Å². The highest BCUT2D eigenvalue weighted by atomic mass is 16.2. The summed E-state index contributed by atoms with van der Waals surface area (Å²) in [5.41, 5.74) is 0.992. The molecule has 2 aliphatic rings. The van der Waals surface area contributed by atoms with Crippen molar-refractivity contribution >= 4 is 23.8 Å². The molecule has 2 N–H and O–H groups in total. The van der Waals surface area contributed by atoms with E-state index in [-0.39, 0.29) is 48.8 Å². The van der Waals surface area contributed by atoms with E-state index >= 15 is 0 Å². The van der Waals surface area contributed by atoms with Crippen molar-refractivity contribution in [1.29, 1.82) is 0 Å². The molecule has 8 nitrogen and oxygen atoms in total. The smallest absolute Gasteiger partial charge is 0.327 e. The van der Waals surface area contributed by atoms with Crippen molar-refractivity contribution in [3.05, 3.63) is 35.9 Å². The SMILES string of the molecule is CC(C)CCNC(=O)CCCCN1C(=O)C2CCCCC2N(CC(=O)NCc2ccccc2)C1=O. The quantitative estimate of drug-likeness (QED) is 0.444. The molecule has 2 unspecified atom stereocenters. The van der Waals surface area contributed by atoms with Crippen LogP contribution < -0.4 is 10.6 Å². The van der Waals surface area contributed by atoms with Crippen molar-refractivity contribution < 1.29 is 19.2 Å². The Morgan fingerprint density at radius 1 is 1.00 bits per heavy atom. The first-order valence-corrected chi connectivity index (χ1v) is 13.1. The van der Waals surface area contributed by atoms with Crippen LogP contribution in [0.25, 0.3) is 0 Å². The molecule has 1 heterocycles. The summed E-state index contributed by atoms with van der Waals surface area (Å²) in [4.78, 5) is 54.1. The zero-order valence-electron chi connectivity index (χ0n) is 21.1. The van der Waals surface area contributed by atoms with E-state index in [1.807, 2.05) is 30.3 Å². The molecule has 0 radical (unpaired) electrons. The number of nitrogens with zero attached hydrogens (tertiary/aromatic N) is 2. The second-order valence-electron chi connectivity index (χ2n) is 10.1. The van der Waals surface area contributed by atoms with Crippen LogP contribution in [0.1, 0.15) is 70.8 Å². The molecule has 1 aliphatic heterocycles. The number of nitrogens with one attached hydrogen (secondary N) is 2. The van der Waals surface area contributed by atoms with Crippen LogP contribution in [0.3, 0.4) is 0 Å². The van der Waals surface area contributed by atoms with Gasteiger partial charge in [-0.05, 0) is 43.6 Å². The molecule has 1 aromatic rings. The Morgan fingerprint density at radius 2 is 1.74 bits per heavy atom. The number of imide groups is 1. The monoisotopic (exact) mass is 484 g/mol. The zero-order chi connectivity index (χ0) is 25.2. The lowest BCUT2D eigenvalue weighted by Crippen LogP contribution is -2.63. The highest BCUT2D eigenvalue weighted by Gasteiger charge is 2.47. The van der Waals surface area contributed by atoms with Gasteiger partial charge in [0.25, 0.3) is 0 Å². The Hall–Kier alpha value is -2.90. The van der Waals surface area contributed by atoms with E-state index in [1.165, 1.54) is 4.90 Å². The highest BCUT2D eigenvalue weighted by molar-refractivity contribution is 6.00. The lowest BCUT2D eigenvalue weighted by molar-refractivity contribution is -0.142. The largest absolute Gasteiger partial charge is 0.356 e. The normalized spacial score (nSPS) is 20.1. The highest BCUT2D eigenvalue weighted by Crippen LogP contribution is 2.34. The average Bonchev–Trinajstić information content (AvgIpc) is 2.85. The van der Waals surface area contributed by atoms with E-state index in [0.29, 0.717) is 38.3 Å². The minimum Gasteiger partial charge on any atom is -0.356 e. The summed E-state index contributed by atoms with van der Waals surface area (Å²) in [5, 5.41) is 5.82. The number of carbonyl (C=O) groups is 4.